The summed E-state index contributed by atoms with van der Waals surface area (Å²) in [6, 6.07) is 1.86. The highest BCUT2D eigenvalue weighted by atomic mass is 32.2. The molecular formula is C11H12N2O5S2. The maximum Gasteiger partial charge on any atom is 0.345 e. The molecule has 2 rings (SSSR count). The number of carboxylic acid groups (broad SMARTS) is 1. The van der Waals surface area contributed by atoms with Crippen LogP contribution >= 0.6 is 11.3 Å². The lowest BCUT2D eigenvalue weighted by molar-refractivity contribution is 0.0702. The van der Waals surface area contributed by atoms with Crippen LogP contribution in [0.15, 0.2) is 27.0 Å². The molecule has 0 saturated carbocycles. The number of oxazole rings is 1. The van der Waals surface area contributed by atoms with Crippen molar-refractivity contribution in [2.45, 2.75) is 24.1 Å². The molecule has 2 aromatic rings. The van der Waals surface area contributed by atoms with Gasteiger partial charge in [-0.25, -0.2) is 18.2 Å². The minimum absolute atomic E-state index is 0.0370. The summed E-state index contributed by atoms with van der Waals surface area (Å²) < 4.78 is 31.8. The number of carboxylic acids is 1. The smallest absolute Gasteiger partial charge is 0.345 e. The van der Waals surface area contributed by atoms with E-state index < -0.39 is 22.0 Å². The summed E-state index contributed by atoms with van der Waals surface area (Å²) >= 11 is 0.689. The van der Waals surface area contributed by atoms with Crippen LogP contribution < -0.4 is 4.72 Å². The van der Waals surface area contributed by atoms with Crippen molar-refractivity contribution in [1.82, 2.24) is 9.71 Å². The van der Waals surface area contributed by atoms with E-state index in [0.29, 0.717) is 17.1 Å². The quantitative estimate of drug-likeness (QED) is 0.870. The van der Waals surface area contributed by atoms with Crippen LogP contribution in [0.25, 0.3) is 0 Å². The third-order valence-corrected chi connectivity index (χ3v) is 5.50. The number of thiophene rings is 1. The number of aromatic nitrogens is 1. The van der Waals surface area contributed by atoms with E-state index >= 15 is 0 Å². The van der Waals surface area contributed by atoms with Crippen molar-refractivity contribution in [3.05, 3.63) is 34.9 Å². The third-order valence-electron chi connectivity index (χ3n) is 2.40. The molecule has 2 aromatic heterocycles. The summed E-state index contributed by atoms with van der Waals surface area (Å²) in [4.78, 5) is 14.7. The summed E-state index contributed by atoms with van der Waals surface area (Å²) in [5.41, 5.74) is 0. The Morgan fingerprint density at radius 2 is 2.20 bits per heavy atom. The van der Waals surface area contributed by atoms with Gasteiger partial charge in [-0.05, 0) is 26.0 Å². The van der Waals surface area contributed by atoms with E-state index in [2.05, 4.69) is 9.71 Å². The number of sulfonamides is 1. The van der Waals surface area contributed by atoms with Gasteiger partial charge in [-0.2, -0.15) is 4.72 Å². The molecule has 0 aliphatic carbocycles. The Morgan fingerprint density at radius 3 is 2.70 bits per heavy atom. The number of carbonyl (C=O) groups is 1. The molecular weight excluding hydrogens is 304 g/mol. The predicted octanol–water partition coefficient (Wildman–Crippen LogP) is 1.78. The molecule has 0 saturated heterocycles. The summed E-state index contributed by atoms with van der Waals surface area (Å²) in [7, 11) is -3.81. The third kappa shape index (κ3) is 3.06. The van der Waals surface area contributed by atoms with E-state index in [0.717, 1.165) is 0 Å². The monoisotopic (exact) mass is 316 g/mol. The highest BCUT2D eigenvalue weighted by Crippen LogP contribution is 2.23. The van der Waals surface area contributed by atoms with Gasteiger partial charge in [-0.3, -0.25) is 0 Å². The van der Waals surface area contributed by atoms with Gasteiger partial charge in [0.25, 0.3) is 10.0 Å². The van der Waals surface area contributed by atoms with Gasteiger partial charge in [-0.1, -0.05) is 0 Å². The second-order valence-electron chi connectivity index (χ2n) is 4.08. The van der Waals surface area contributed by atoms with E-state index in [9.17, 15) is 13.2 Å². The molecule has 0 radical (unpaired) electrons. The Kier molecular flexibility index (Phi) is 3.93. The molecule has 1 unspecified atom stereocenters. The Hall–Kier alpha value is -1.71. The summed E-state index contributed by atoms with van der Waals surface area (Å²) in [6.45, 7) is 3.30. The second kappa shape index (κ2) is 5.35. The molecule has 0 aromatic carbocycles. The van der Waals surface area contributed by atoms with Crippen molar-refractivity contribution in [2.75, 3.05) is 0 Å². The molecule has 0 spiro atoms. The minimum Gasteiger partial charge on any atom is -0.477 e. The Balaban J connectivity index is 2.20. The molecule has 20 heavy (non-hydrogen) atoms. The standard InChI is InChI=1S/C11H12N2O5S2/c1-6-5-12-10(18-6)7(2)13-20(16,17)9-4-3-8(19-9)11(14)15/h3-5,7,13H,1-2H3,(H,14,15). The first-order valence-electron chi connectivity index (χ1n) is 5.57. The zero-order chi connectivity index (χ0) is 14.9. The lowest BCUT2D eigenvalue weighted by Gasteiger charge is -2.09. The van der Waals surface area contributed by atoms with Gasteiger partial charge in [0.05, 0.1) is 12.2 Å². The van der Waals surface area contributed by atoms with Crippen LogP contribution in [0, 0.1) is 6.92 Å². The fraction of sp³-hybridized carbons (Fsp3) is 0.273. The topological polar surface area (TPSA) is 110 Å². The average Bonchev–Trinajstić information content (AvgIpc) is 2.96. The maximum atomic E-state index is 12.1. The average molecular weight is 316 g/mol. The molecule has 7 nitrogen and oxygen atoms in total. The van der Waals surface area contributed by atoms with E-state index in [1.165, 1.54) is 18.3 Å². The molecule has 0 fully saturated rings. The maximum absolute atomic E-state index is 12.1. The minimum atomic E-state index is -3.81. The van der Waals surface area contributed by atoms with Crippen LogP contribution in [0.4, 0.5) is 0 Å². The van der Waals surface area contributed by atoms with Crippen LogP contribution in [0.1, 0.15) is 34.3 Å². The SMILES string of the molecule is Cc1cnc(C(C)NS(=O)(=O)c2ccc(C(=O)O)s2)o1. The van der Waals surface area contributed by atoms with Crippen molar-refractivity contribution in [3.63, 3.8) is 0 Å². The molecule has 2 N–H and O–H groups in total. The highest BCUT2D eigenvalue weighted by molar-refractivity contribution is 7.91. The summed E-state index contributed by atoms with van der Waals surface area (Å²) in [5, 5.41) is 8.80. The van der Waals surface area contributed by atoms with Crippen LogP contribution in [-0.4, -0.2) is 24.5 Å². The van der Waals surface area contributed by atoms with Gasteiger partial charge in [0, 0.05) is 0 Å². The van der Waals surface area contributed by atoms with E-state index in [1.54, 1.807) is 13.8 Å². The van der Waals surface area contributed by atoms with Gasteiger partial charge in [0.2, 0.25) is 5.89 Å². The second-order valence-corrected chi connectivity index (χ2v) is 7.10. The van der Waals surface area contributed by atoms with Crippen molar-refractivity contribution < 1.29 is 22.7 Å². The molecule has 9 heteroatoms. The number of aryl methyl sites for hydroxylation is 1. The van der Waals surface area contributed by atoms with E-state index in [-0.39, 0.29) is 15.0 Å². The highest BCUT2D eigenvalue weighted by Gasteiger charge is 2.23. The normalized spacial score (nSPS) is 13.3. The van der Waals surface area contributed by atoms with Gasteiger partial charge in [0.1, 0.15) is 14.8 Å². The predicted molar refractivity (Wildman–Crippen MR) is 71.3 cm³/mol. The van der Waals surface area contributed by atoms with Crippen LogP contribution in [0.3, 0.4) is 0 Å². The number of nitrogens with zero attached hydrogens (tertiary/aromatic N) is 1. The first-order chi connectivity index (χ1) is 9.29. The molecule has 108 valence electrons. The van der Waals surface area contributed by atoms with Crippen LogP contribution in [0.5, 0.6) is 0 Å². The fourth-order valence-electron chi connectivity index (χ4n) is 1.49. The number of nitrogens with one attached hydrogen (secondary N) is 1. The number of rotatable bonds is 5. The Bertz CT molecular complexity index is 732. The van der Waals surface area contributed by atoms with Crippen molar-refractivity contribution in [3.8, 4) is 0 Å². The van der Waals surface area contributed by atoms with Crippen LogP contribution in [-0.2, 0) is 10.0 Å². The van der Waals surface area contributed by atoms with Crippen LogP contribution in [0.2, 0.25) is 0 Å². The molecule has 0 aliphatic rings. The lowest BCUT2D eigenvalue weighted by Crippen LogP contribution is -2.26. The van der Waals surface area contributed by atoms with Gasteiger partial charge >= 0.3 is 5.97 Å². The van der Waals surface area contributed by atoms with Crippen molar-refractivity contribution >= 4 is 27.3 Å². The molecule has 2 heterocycles. The Morgan fingerprint density at radius 1 is 1.50 bits per heavy atom. The number of hydrogen-bond donors (Lipinski definition) is 2. The van der Waals surface area contributed by atoms with Gasteiger partial charge < -0.3 is 9.52 Å². The van der Waals surface area contributed by atoms with E-state index in [1.807, 2.05) is 0 Å². The van der Waals surface area contributed by atoms with Crippen molar-refractivity contribution in [2.24, 2.45) is 0 Å². The first kappa shape index (κ1) is 14.7. The first-order valence-corrected chi connectivity index (χ1v) is 7.87. The number of hydrogen-bond acceptors (Lipinski definition) is 6. The van der Waals surface area contributed by atoms with Crippen molar-refractivity contribution in [1.29, 1.82) is 0 Å². The fourth-order valence-corrected chi connectivity index (χ4v) is 3.85. The summed E-state index contributed by atoms with van der Waals surface area (Å²) in [5.74, 6) is -0.329. The lowest BCUT2D eigenvalue weighted by atomic mass is 10.4. The number of aromatic carboxylic acids is 1. The van der Waals surface area contributed by atoms with Gasteiger partial charge in [0.15, 0.2) is 0 Å². The zero-order valence-electron chi connectivity index (χ0n) is 10.7. The molecule has 1 atom stereocenters. The van der Waals surface area contributed by atoms with E-state index in [4.69, 9.17) is 9.52 Å². The largest absolute Gasteiger partial charge is 0.477 e. The zero-order valence-corrected chi connectivity index (χ0v) is 12.3. The summed E-state index contributed by atoms with van der Waals surface area (Å²) in [6.07, 6.45) is 1.49. The molecule has 0 bridgehead atoms. The molecule has 0 aliphatic heterocycles. The molecule has 0 amide bonds. The Labute approximate surface area is 119 Å². The van der Waals surface area contributed by atoms with Gasteiger partial charge in [-0.15, -0.1) is 11.3 Å².